The molecular formula is C13H25N3O2. The maximum atomic E-state index is 11.5. The number of rotatable bonds is 7. The van der Waals surface area contributed by atoms with E-state index in [-0.39, 0.29) is 17.9 Å². The average molecular weight is 255 g/mol. The molecule has 104 valence electrons. The van der Waals surface area contributed by atoms with E-state index in [0.29, 0.717) is 25.4 Å². The number of carbonyl (C=O) groups excluding carboxylic acids is 2. The second kappa shape index (κ2) is 8.08. The van der Waals surface area contributed by atoms with Crippen LogP contribution in [0.25, 0.3) is 0 Å². The van der Waals surface area contributed by atoms with Crippen molar-refractivity contribution < 1.29 is 9.59 Å². The molecule has 5 nitrogen and oxygen atoms in total. The van der Waals surface area contributed by atoms with E-state index >= 15 is 0 Å². The highest BCUT2D eigenvalue weighted by Crippen LogP contribution is 2.10. The van der Waals surface area contributed by atoms with Crippen molar-refractivity contribution in [2.45, 2.75) is 58.0 Å². The second-order valence-electron chi connectivity index (χ2n) is 5.15. The monoisotopic (exact) mass is 255 g/mol. The smallest absolute Gasteiger partial charge is 0.221 e. The second-order valence-corrected chi connectivity index (χ2v) is 5.15. The third-order valence-electron chi connectivity index (χ3n) is 3.01. The maximum absolute atomic E-state index is 11.5. The summed E-state index contributed by atoms with van der Waals surface area (Å²) in [7, 11) is 0. The molecule has 0 saturated carbocycles. The van der Waals surface area contributed by atoms with Gasteiger partial charge in [0.15, 0.2) is 0 Å². The Bertz CT molecular complexity index is 273. The number of carbonyl (C=O) groups is 2. The van der Waals surface area contributed by atoms with Crippen molar-refractivity contribution in [2.75, 3.05) is 13.1 Å². The lowest BCUT2D eigenvalue weighted by Gasteiger charge is -2.11. The van der Waals surface area contributed by atoms with Crippen LogP contribution in [0.1, 0.15) is 46.0 Å². The van der Waals surface area contributed by atoms with Gasteiger partial charge in [-0.3, -0.25) is 9.59 Å². The van der Waals surface area contributed by atoms with Crippen LogP contribution in [0.4, 0.5) is 0 Å². The summed E-state index contributed by atoms with van der Waals surface area (Å²) < 4.78 is 0. The Labute approximate surface area is 109 Å². The maximum Gasteiger partial charge on any atom is 0.221 e. The summed E-state index contributed by atoms with van der Waals surface area (Å²) in [6.07, 6.45) is 4.17. The van der Waals surface area contributed by atoms with Gasteiger partial charge >= 0.3 is 0 Å². The highest BCUT2D eigenvalue weighted by Gasteiger charge is 2.15. The largest absolute Gasteiger partial charge is 0.356 e. The van der Waals surface area contributed by atoms with E-state index in [1.165, 1.54) is 12.8 Å². The summed E-state index contributed by atoms with van der Waals surface area (Å²) >= 11 is 0. The van der Waals surface area contributed by atoms with E-state index in [2.05, 4.69) is 16.0 Å². The molecule has 5 heteroatoms. The number of nitrogens with one attached hydrogen (secondary N) is 3. The van der Waals surface area contributed by atoms with Gasteiger partial charge in [-0.2, -0.15) is 0 Å². The summed E-state index contributed by atoms with van der Waals surface area (Å²) in [4.78, 5) is 22.9. The molecule has 0 aliphatic carbocycles. The van der Waals surface area contributed by atoms with Gasteiger partial charge < -0.3 is 16.0 Å². The first kappa shape index (κ1) is 15.0. The highest BCUT2D eigenvalue weighted by molar-refractivity contribution is 5.79. The lowest BCUT2D eigenvalue weighted by Crippen LogP contribution is -2.34. The molecule has 1 aliphatic rings. The first-order valence-electron chi connectivity index (χ1n) is 6.87. The summed E-state index contributed by atoms with van der Waals surface area (Å²) in [5.74, 6) is 0.0313. The van der Waals surface area contributed by atoms with Gasteiger partial charge in [0.2, 0.25) is 11.8 Å². The fourth-order valence-corrected chi connectivity index (χ4v) is 2.11. The van der Waals surface area contributed by atoms with Crippen LogP contribution in [0.15, 0.2) is 0 Å². The zero-order valence-electron chi connectivity index (χ0n) is 11.4. The molecule has 0 bridgehead atoms. The highest BCUT2D eigenvalue weighted by atomic mass is 16.2. The molecule has 1 saturated heterocycles. The van der Waals surface area contributed by atoms with Gasteiger partial charge in [0, 0.05) is 31.5 Å². The van der Waals surface area contributed by atoms with Crippen molar-refractivity contribution in [1.82, 2.24) is 16.0 Å². The molecule has 0 aromatic carbocycles. The Morgan fingerprint density at radius 3 is 2.67 bits per heavy atom. The summed E-state index contributed by atoms with van der Waals surface area (Å²) in [6, 6.07) is 0.654. The molecule has 1 unspecified atom stereocenters. The Hall–Kier alpha value is -1.10. The predicted octanol–water partition coefficient (Wildman–Crippen LogP) is 0.550. The predicted molar refractivity (Wildman–Crippen MR) is 71.2 cm³/mol. The topological polar surface area (TPSA) is 70.2 Å². The van der Waals surface area contributed by atoms with Crippen LogP contribution in [-0.2, 0) is 9.59 Å². The van der Waals surface area contributed by atoms with Gasteiger partial charge in [0.1, 0.15) is 0 Å². The summed E-state index contributed by atoms with van der Waals surface area (Å²) in [5, 5.41) is 8.94. The van der Waals surface area contributed by atoms with Crippen molar-refractivity contribution in [1.29, 1.82) is 0 Å². The minimum absolute atomic E-state index is 0.0113. The van der Waals surface area contributed by atoms with Crippen LogP contribution < -0.4 is 16.0 Å². The lowest BCUT2D eigenvalue weighted by atomic mass is 10.1. The van der Waals surface area contributed by atoms with Crippen LogP contribution in [0, 0.1) is 0 Å². The first-order valence-corrected chi connectivity index (χ1v) is 6.87. The molecule has 0 aromatic rings. The molecule has 1 atom stereocenters. The molecule has 0 aromatic heterocycles. The van der Waals surface area contributed by atoms with Gasteiger partial charge in [0.05, 0.1) is 0 Å². The number of hydrogen-bond acceptors (Lipinski definition) is 3. The van der Waals surface area contributed by atoms with Crippen LogP contribution in [0.3, 0.4) is 0 Å². The standard InChI is InChI=1S/C13H25N3O2/c1-10(2)16-13(18)7-9-15-12(17)6-5-11-4-3-8-14-11/h10-11,14H,3-9H2,1-2H3,(H,15,17)(H,16,18). The minimum atomic E-state index is -0.0113. The Kier molecular flexibility index (Phi) is 6.72. The Morgan fingerprint density at radius 1 is 1.28 bits per heavy atom. The zero-order chi connectivity index (χ0) is 13.4. The fraction of sp³-hybridized carbons (Fsp3) is 0.846. The molecule has 0 spiro atoms. The lowest BCUT2D eigenvalue weighted by molar-refractivity contribution is -0.122. The quantitative estimate of drug-likeness (QED) is 0.622. The first-order chi connectivity index (χ1) is 8.58. The molecule has 0 radical (unpaired) electrons. The van der Waals surface area contributed by atoms with E-state index in [1.807, 2.05) is 13.8 Å². The van der Waals surface area contributed by atoms with Crippen molar-refractivity contribution in [3.05, 3.63) is 0 Å². The van der Waals surface area contributed by atoms with Gasteiger partial charge in [-0.15, -0.1) is 0 Å². The van der Waals surface area contributed by atoms with Crippen molar-refractivity contribution in [2.24, 2.45) is 0 Å². The third kappa shape index (κ3) is 6.59. The van der Waals surface area contributed by atoms with Crippen LogP contribution in [-0.4, -0.2) is 37.0 Å². The third-order valence-corrected chi connectivity index (χ3v) is 3.01. The molecule has 2 amide bonds. The van der Waals surface area contributed by atoms with Crippen molar-refractivity contribution in [3.63, 3.8) is 0 Å². The molecule has 1 aliphatic heterocycles. The molecular weight excluding hydrogens is 230 g/mol. The Morgan fingerprint density at radius 2 is 2.06 bits per heavy atom. The Balaban J connectivity index is 2.00. The molecule has 18 heavy (non-hydrogen) atoms. The van der Waals surface area contributed by atoms with Crippen LogP contribution in [0.5, 0.6) is 0 Å². The summed E-state index contributed by atoms with van der Waals surface area (Å²) in [6.45, 7) is 5.34. The zero-order valence-corrected chi connectivity index (χ0v) is 11.4. The van der Waals surface area contributed by atoms with E-state index < -0.39 is 0 Å². The van der Waals surface area contributed by atoms with Gasteiger partial charge in [-0.25, -0.2) is 0 Å². The molecule has 1 rings (SSSR count). The normalized spacial score (nSPS) is 18.9. The average Bonchev–Trinajstić information content (AvgIpc) is 2.78. The van der Waals surface area contributed by atoms with Crippen molar-refractivity contribution >= 4 is 11.8 Å². The van der Waals surface area contributed by atoms with E-state index in [9.17, 15) is 9.59 Å². The van der Waals surface area contributed by atoms with Crippen molar-refractivity contribution in [3.8, 4) is 0 Å². The van der Waals surface area contributed by atoms with Gasteiger partial charge in [-0.05, 0) is 39.7 Å². The minimum Gasteiger partial charge on any atom is -0.356 e. The van der Waals surface area contributed by atoms with E-state index in [0.717, 1.165) is 13.0 Å². The number of hydrogen-bond donors (Lipinski definition) is 3. The van der Waals surface area contributed by atoms with E-state index in [1.54, 1.807) is 0 Å². The molecule has 3 N–H and O–H groups in total. The molecule has 1 fully saturated rings. The van der Waals surface area contributed by atoms with E-state index in [4.69, 9.17) is 0 Å². The molecule has 1 heterocycles. The van der Waals surface area contributed by atoms with Gasteiger partial charge in [-0.1, -0.05) is 0 Å². The van der Waals surface area contributed by atoms with Gasteiger partial charge in [0.25, 0.3) is 0 Å². The SMILES string of the molecule is CC(C)NC(=O)CCNC(=O)CCC1CCCN1. The van der Waals surface area contributed by atoms with Crippen LogP contribution in [0.2, 0.25) is 0 Å². The number of amides is 2. The summed E-state index contributed by atoms with van der Waals surface area (Å²) in [5.41, 5.74) is 0. The van der Waals surface area contributed by atoms with Crippen LogP contribution >= 0.6 is 0 Å². The fourth-order valence-electron chi connectivity index (χ4n) is 2.11.